The highest BCUT2D eigenvalue weighted by molar-refractivity contribution is 7.80. The number of carbonyl (C=O) groups is 5. The number of hydrogen-bond acceptors (Lipinski definition) is 7. The van der Waals surface area contributed by atoms with E-state index in [4.69, 9.17) is 15.9 Å². The predicted molar refractivity (Wildman–Crippen MR) is 79.7 cm³/mol. The Morgan fingerprint density at radius 3 is 2.00 bits per heavy atom. The second-order valence-corrected chi connectivity index (χ2v) is 4.65. The van der Waals surface area contributed by atoms with Crippen LogP contribution in [0.2, 0.25) is 0 Å². The monoisotopic (exact) mass is 350 g/mol. The summed E-state index contributed by atoms with van der Waals surface area (Å²) in [7, 11) is 0. The lowest BCUT2D eigenvalue weighted by atomic mass is 10.2. The number of carbonyl (C=O) groups excluding carboxylic acids is 3. The van der Waals surface area contributed by atoms with Gasteiger partial charge in [0.2, 0.25) is 17.7 Å². The van der Waals surface area contributed by atoms with Crippen molar-refractivity contribution in [3.8, 4) is 0 Å². The molecule has 0 rings (SSSR count). The van der Waals surface area contributed by atoms with Gasteiger partial charge in [-0.15, -0.1) is 0 Å². The third-order valence-corrected chi connectivity index (χ3v) is 2.82. The predicted octanol–water partition coefficient (Wildman–Crippen LogP) is -3.48. The van der Waals surface area contributed by atoms with Gasteiger partial charge >= 0.3 is 11.9 Å². The summed E-state index contributed by atoms with van der Waals surface area (Å²) in [5, 5.41) is 23.7. The van der Waals surface area contributed by atoms with E-state index < -0.39 is 54.7 Å². The van der Waals surface area contributed by atoms with Gasteiger partial charge in [0, 0.05) is 5.75 Å². The Morgan fingerprint density at radius 1 is 1.00 bits per heavy atom. The Balaban J connectivity index is 4.44. The van der Waals surface area contributed by atoms with Crippen LogP contribution < -0.4 is 21.7 Å². The molecule has 3 amide bonds. The molecule has 130 valence electrons. The second kappa shape index (κ2) is 10.4. The van der Waals surface area contributed by atoms with E-state index in [9.17, 15) is 24.0 Å². The molecule has 0 fully saturated rings. The highest BCUT2D eigenvalue weighted by Crippen LogP contribution is 1.93. The fourth-order valence-electron chi connectivity index (χ4n) is 1.36. The van der Waals surface area contributed by atoms with Crippen LogP contribution in [0, 0.1) is 0 Å². The Labute approximate surface area is 136 Å². The van der Waals surface area contributed by atoms with Crippen LogP contribution in [0.4, 0.5) is 0 Å². The van der Waals surface area contributed by atoms with Gasteiger partial charge in [-0.1, -0.05) is 0 Å². The van der Waals surface area contributed by atoms with Crippen molar-refractivity contribution >= 4 is 42.3 Å². The van der Waals surface area contributed by atoms with Crippen LogP contribution in [-0.4, -0.2) is 70.8 Å². The lowest BCUT2D eigenvalue weighted by Gasteiger charge is -2.17. The van der Waals surface area contributed by atoms with Gasteiger partial charge in [-0.3, -0.25) is 19.2 Å². The number of amides is 3. The van der Waals surface area contributed by atoms with Crippen molar-refractivity contribution in [1.82, 2.24) is 16.0 Å². The first-order valence-corrected chi connectivity index (χ1v) is 6.96. The topological polar surface area (TPSA) is 188 Å². The van der Waals surface area contributed by atoms with Crippen LogP contribution in [0.25, 0.3) is 0 Å². The molecule has 7 N–H and O–H groups in total. The van der Waals surface area contributed by atoms with Crippen molar-refractivity contribution in [3.63, 3.8) is 0 Å². The molecule has 0 spiro atoms. The maximum Gasteiger partial charge on any atom is 0.326 e. The van der Waals surface area contributed by atoms with Gasteiger partial charge in [-0.2, -0.15) is 12.6 Å². The molecule has 0 aliphatic carbocycles. The van der Waals surface area contributed by atoms with Gasteiger partial charge < -0.3 is 31.9 Å². The number of hydrogen-bond donors (Lipinski definition) is 7. The maximum absolute atomic E-state index is 11.7. The molecular weight excluding hydrogens is 332 g/mol. The summed E-state index contributed by atoms with van der Waals surface area (Å²) in [6.45, 7) is -0.918. The first-order chi connectivity index (χ1) is 10.7. The average molecular weight is 350 g/mol. The van der Waals surface area contributed by atoms with Crippen molar-refractivity contribution in [2.24, 2.45) is 5.73 Å². The van der Waals surface area contributed by atoms with E-state index in [1.807, 2.05) is 5.32 Å². The largest absolute Gasteiger partial charge is 0.481 e. The quantitative estimate of drug-likeness (QED) is 0.198. The normalized spacial score (nSPS) is 12.6. The fraction of sp³-hybridized carbons (Fsp3) is 0.545. The number of aliphatic carboxylic acids is 2. The second-order valence-electron chi connectivity index (χ2n) is 4.28. The van der Waals surface area contributed by atoms with E-state index in [0.29, 0.717) is 0 Å². The molecule has 0 bridgehead atoms. The molecule has 0 aromatic rings. The van der Waals surface area contributed by atoms with Crippen LogP contribution in [0.5, 0.6) is 0 Å². The zero-order chi connectivity index (χ0) is 18.0. The molecule has 23 heavy (non-hydrogen) atoms. The van der Waals surface area contributed by atoms with Crippen molar-refractivity contribution in [2.45, 2.75) is 18.5 Å². The number of thiol groups is 1. The van der Waals surface area contributed by atoms with Gasteiger partial charge in [0.25, 0.3) is 0 Å². The van der Waals surface area contributed by atoms with Crippen molar-refractivity contribution in [1.29, 1.82) is 0 Å². The summed E-state index contributed by atoms with van der Waals surface area (Å²) in [6, 6.07) is -2.63. The van der Waals surface area contributed by atoms with Crippen LogP contribution in [-0.2, 0) is 24.0 Å². The maximum atomic E-state index is 11.7. The number of rotatable bonds is 10. The molecule has 0 aliphatic heterocycles. The van der Waals surface area contributed by atoms with Crippen LogP contribution in [0.1, 0.15) is 6.42 Å². The van der Waals surface area contributed by atoms with Crippen LogP contribution in [0.15, 0.2) is 0 Å². The Hall–Kier alpha value is -2.34. The van der Waals surface area contributed by atoms with Gasteiger partial charge in [-0.05, 0) is 0 Å². The van der Waals surface area contributed by atoms with Crippen LogP contribution >= 0.6 is 12.6 Å². The molecule has 0 saturated heterocycles. The molecule has 0 heterocycles. The first kappa shape index (κ1) is 20.7. The molecule has 0 radical (unpaired) electrons. The highest BCUT2D eigenvalue weighted by atomic mass is 32.1. The Kier molecular flexibility index (Phi) is 9.34. The smallest absolute Gasteiger partial charge is 0.326 e. The van der Waals surface area contributed by atoms with E-state index >= 15 is 0 Å². The molecule has 12 heteroatoms. The average Bonchev–Trinajstić information content (AvgIpc) is 2.48. The number of nitrogens with two attached hydrogens (primary N) is 1. The van der Waals surface area contributed by atoms with E-state index in [1.54, 1.807) is 0 Å². The SMILES string of the molecule is NCC(=O)NC(CS)C(=O)NCC(=O)NC(CC(=O)O)C(=O)O. The van der Waals surface area contributed by atoms with Crippen molar-refractivity contribution < 1.29 is 34.2 Å². The number of nitrogens with one attached hydrogen (secondary N) is 3. The molecule has 2 unspecified atom stereocenters. The summed E-state index contributed by atoms with van der Waals surface area (Å²) >= 11 is 3.87. The van der Waals surface area contributed by atoms with E-state index in [2.05, 4.69) is 23.3 Å². The standard InChI is InChI=1S/C11H18N4O7S/c12-2-7(16)15-6(4-23)10(20)13-3-8(17)14-5(11(21)22)1-9(18)19/h5-6,23H,1-4,12H2,(H,13,20)(H,14,17)(H,15,16)(H,18,19)(H,21,22). The van der Waals surface area contributed by atoms with Crippen molar-refractivity contribution in [2.75, 3.05) is 18.8 Å². The first-order valence-electron chi connectivity index (χ1n) is 6.33. The van der Waals surface area contributed by atoms with Gasteiger partial charge in [0.05, 0.1) is 19.5 Å². The lowest BCUT2D eigenvalue weighted by molar-refractivity contribution is -0.147. The lowest BCUT2D eigenvalue weighted by Crippen LogP contribution is -2.52. The number of carboxylic acids is 2. The summed E-state index contributed by atoms with van der Waals surface area (Å²) < 4.78 is 0. The highest BCUT2D eigenvalue weighted by Gasteiger charge is 2.24. The van der Waals surface area contributed by atoms with E-state index in [1.165, 1.54) is 0 Å². The molecule has 0 aromatic carbocycles. The zero-order valence-corrected chi connectivity index (χ0v) is 12.8. The van der Waals surface area contributed by atoms with Gasteiger partial charge in [0.15, 0.2) is 0 Å². The molecular formula is C11H18N4O7S. The van der Waals surface area contributed by atoms with Gasteiger partial charge in [0.1, 0.15) is 12.1 Å². The molecule has 0 aromatic heterocycles. The minimum Gasteiger partial charge on any atom is -0.481 e. The molecule has 11 nitrogen and oxygen atoms in total. The Bertz CT molecular complexity index is 485. The molecule has 2 atom stereocenters. The summed E-state index contributed by atoms with van der Waals surface area (Å²) in [4.78, 5) is 55.6. The Morgan fingerprint density at radius 2 is 1.57 bits per heavy atom. The zero-order valence-electron chi connectivity index (χ0n) is 11.9. The molecule has 0 saturated carbocycles. The van der Waals surface area contributed by atoms with E-state index in [-0.39, 0.29) is 12.3 Å². The summed E-state index contributed by atoms with van der Waals surface area (Å²) in [5.41, 5.74) is 5.08. The minimum atomic E-state index is -1.62. The summed E-state index contributed by atoms with van der Waals surface area (Å²) in [5.74, 6) is -5.17. The number of carboxylic acid groups (broad SMARTS) is 2. The van der Waals surface area contributed by atoms with E-state index in [0.717, 1.165) is 0 Å². The third-order valence-electron chi connectivity index (χ3n) is 2.45. The van der Waals surface area contributed by atoms with Crippen molar-refractivity contribution in [3.05, 3.63) is 0 Å². The third kappa shape index (κ3) is 8.63. The summed E-state index contributed by atoms with van der Waals surface area (Å²) in [6.07, 6.45) is -0.805. The molecule has 0 aliphatic rings. The minimum absolute atomic E-state index is 0.0457. The van der Waals surface area contributed by atoms with Gasteiger partial charge in [-0.25, -0.2) is 4.79 Å². The van der Waals surface area contributed by atoms with Crippen LogP contribution in [0.3, 0.4) is 0 Å². The fourth-order valence-corrected chi connectivity index (χ4v) is 1.62.